The number of nitrogens with one attached hydrogen (secondary N) is 1. The predicted molar refractivity (Wildman–Crippen MR) is 140 cm³/mol. The first-order valence-corrected chi connectivity index (χ1v) is 12.9. The van der Waals surface area contributed by atoms with Crippen molar-refractivity contribution in [3.05, 3.63) is 101 Å². The number of carbonyl (C=O) groups is 1. The van der Waals surface area contributed by atoms with E-state index in [-0.39, 0.29) is 11.9 Å². The molecule has 1 heterocycles. The van der Waals surface area contributed by atoms with Crippen molar-refractivity contribution >= 4 is 5.91 Å². The Morgan fingerprint density at radius 3 is 2.45 bits per heavy atom. The number of para-hydroxylation sites is 1. The normalized spacial score (nSPS) is 18.4. The van der Waals surface area contributed by atoms with Crippen molar-refractivity contribution in [2.75, 3.05) is 32.9 Å². The number of hydrogen-bond donors (Lipinski definition) is 1. The van der Waals surface area contributed by atoms with Crippen LogP contribution in [0.25, 0.3) is 0 Å². The molecule has 1 N–H and O–H groups in total. The molecular formula is C30H33F3N2O3. The number of rotatable bonds is 4. The minimum atomic E-state index is -4.38. The zero-order valence-corrected chi connectivity index (χ0v) is 21.3. The molecule has 4 rings (SSSR count). The van der Waals surface area contributed by atoms with Gasteiger partial charge in [0.05, 0.1) is 23.8 Å². The molecule has 1 aliphatic heterocycles. The number of benzene rings is 3. The van der Waals surface area contributed by atoms with Crippen LogP contribution in [0.3, 0.4) is 0 Å². The lowest BCUT2D eigenvalue weighted by Crippen LogP contribution is -2.40. The second kappa shape index (κ2) is 13.4. The first kappa shape index (κ1) is 27.7. The molecule has 1 aliphatic rings. The lowest BCUT2D eigenvalue weighted by Gasteiger charge is -2.23. The molecule has 38 heavy (non-hydrogen) atoms. The van der Waals surface area contributed by atoms with E-state index in [2.05, 4.69) is 10.2 Å². The minimum absolute atomic E-state index is 0.208. The number of amides is 1. The van der Waals surface area contributed by atoms with Gasteiger partial charge in [-0.25, -0.2) is 0 Å². The van der Waals surface area contributed by atoms with Crippen molar-refractivity contribution in [1.29, 1.82) is 0 Å². The Labute approximate surface area is 221 Å². The molecule has 0 spiro atoms. The number of nitrogens with zero attached hydrogens (tertiary/aromatic N) is 1. The van der Waals surface area contributed by atoms with Gasteiger partial charge in [-0.2, -0.15) is 13.2 Å². The number of alkyl halides is 3. The van der Waals surface area contributed by atoms with Crippen LogP contribution in [-0.2, 0) is 23.9 Å². The third-order valence-electron chi connectivity index (χ3n) is 6.45. The Kier molecular flexibility index (Phi) is 9.79. The highest BCUT2D eigenvalue weighted by atomic mass is 19.4. The highest BCUT2D eigenvalue weighted by molar-refractivity contribution is 5.97. The van der Waals surface area contributed by atoms with Gasteiger partial charge in [-0.15, -0.1) is 0 Å². The fourth-order valence-corrected chi connectivity index (χ4v) is 4.52. The molecular weight excluding hydrogens is 493 g/mol. The Morgan fingerprint density at radius 2 is 1.63 bits per heavy atom. The molecule has 1 amide bonds. The summed E-state index contributed by atoms with van der Waals surface area (Å²) in [7, 11) is 0. The standard InChI is InChI=1S/C30H33F3N2O3/c31-30(32,33)25-12-8-11-24(19-25)21-35-15-6-7-17-37-22-26(20-23-9-2-1-3-10-23)34-29(36)27-13-4-5-14-28(27)38-18-16-35/h1-5,8-14,19,26H,6-7,15-18,20-22H2,(H,34,36)/t26-/m0/s1. The maximum Gasteiger partial charge on any atom is 0.416 e. The molecule has 0 bridgehead atoms. The quantitative estimate of drug-likeness (QED) is 0.471. The predicted octanol–water partition coefficient (Wildman–Crippen LogP) is 5.74. The van der Waals surface area contributed by atoms with Gasteiger partial charge in [0.2, 0.25) is 0 Å². The molecule has 3 aromatic rings. The van der Waals surface area contributed by atoms with Crippen molar-refractivity contribution in [2.45, 2.75) is 38.0 Å². The van der Waals surface area contributed by atoms with Crippen LogP contribution < -0.4 is 10.1 Å². The zero-order valence-electron chi connectivity index (χ0n) is 21.3. The monoisotopic (exact) mass is 526 g/mol. The fourth-order valence-electron chi connectivity index (χ4n) is 4.52. The summed E-state index contributed by atoms with van der Waals surface area (Å²) in [4.78, 5) is 15.3. The highest BCUT2D eigenvalue weighted by Gasteiger charge is 2.30. The zero-order chi connectivity index (χ0) is 26.8. The van der Waals surface area contributed by atoms with E-state index >= 15 is 0 Å². The molecule has 0 unspecified atom stereocenters. The molecule has 0 aromatic heterocycles. The van der Waals surface area contributed by atoms with E-state index in [0.717, 1.165) is 24.5 Å². The number of fused-ring (bicyclic) bond motifs is 1. The summed E-state index contributed by atoms with van der Waals surface area (Å²) in [5.41, 5.74) is 1.49. The summed E-state index contributed by atoms with van der Waals surface area (Å²) in [6.45, 7) is 2.77. The molecule has 3 aromatic carbocycles. The second-order valence-electron chi connectivity index (χ2n) is 9.46. The Balaban J connectivity index is 1.47. The van der Waals surface area contributed by atoms with Crippen LogP contribution in [0.1, 0.15) is 39.9 Å². The average Bonchev–Trinajstić information content (AvgIpc) is 2.91. The van der Waals surface area contributed by atoms with Crippen LogP contribution in [0.15, 0.2) is 78.9 Å². The molecule has 0 saturated carbocycles. The molecule has 202 valence electrons. The van der Waals surface area contributed by atoms with Gasteiger partial charge >= 0.3 is 6.18 Å². The van der Waals surface area contributed by atoms with E-state index < -0.39 is 11.7 Å². The first-order chi connectivity index (χ1) is 18.4. The van der Waals surface area contributed by atoms with Gasteiger partial charge < -0.3 is 14.8 Å². The van der Waals surface area contributed by atoms with Crippen LogP contribution in [0.4, 0.5) is 13.2 Å². The van der Waals surface area contributed by atoms with E-state index in [4.69, 9.17) is 9.47 Å². The van der Waals surface area contributed by atoms with Crippen molar-refractivity contribution in [2.24, 2.45) is 0 Å². The smallest absolute Gasteiger partial charge is 0.416 e. The van der Waals surface area contributed by atoms with Gasteiger partial charge in [0, 0.05) is 19.7 Å². The lowest BCUT2D eigenvalue weighted by atomic mass is 10.1. The Bertz CT molecular complexity index is 1170. The summed E-state index contributed by atoms with van der Waals surface area (Å²) in [6.07, 6.45) is -2.12. The van der Waals surface area contributed by atoms with Crippen LogP contribution in [0.5, 0.6) is 5.75 Å². The summed E-state index contributed by atoms with van der Waals surface area (Å²) in [5, 5.41) is 3.10. The highest BCUT2D eigenvalue weighted by Crippen LogP contribution is 2.30. The van der Waals surface area contributed by atoms with E-state index in [1.165, 1.54) is 12.1 Å². The van der Waals surface area contributed by atoms with Crippen molar-refractivity contribution in [3.63, 3.8) is 0 Å². The third-order valence-corrected chi connectivity index (χ3v) is 6.45. The summed E-state index contributed by atoms with van der Waals surface area (Å²) < 4.78 is 51.6. The number of ether oxygens (including phenoxy) is 2. The SMILES string of the molecule is O=C1N[C@@H](Cc2ccccc2)COCCCCN(Cc2cccc(C(F)(F)F)c2)CCOc2ccccc21. The maximum absolute atomic E-state index is 13.2. The van der Waals surface area contributed by atoms with Gasteiger partial charge in [0.1, 0.15) is 12.4 Å². The maximum atomic E-state index is 13.2. The van der Waals surface area contributed by atoms with Crippen LogP contribution >= 0.6 is 0 Å². The van der Waals surface area contributed by atoms with Crippen molar-refractivity contribution in [3.8, 4) is 5.75 Å². The van der Waals surface area contributed by atoms with Gasteiger partial charge in [0.25, 0.3) is 5.91 Å². The summed E-state index contributed by atoms with van der Waals surface area (Å²) in [6, 6.07) is 22.3. The Hall–Kier alpha value is -3.36. The van der Waals surface area contributed by atoms with Gasteiger partial charge in [-0.05, 0) is 55.1 Å². The third kappa shape index (κ3) is 8.33. The molecule has 1 atom stereocenters. The van der Waals surface area contributed by atoms with Crippen molar-refractivity contribution < 1.29 is 27.4 Å². The molecule has 0 aliphatic carbocycles. The van der Waals surface area contributed by atoms with Gasteiger partial charge in [-0.1, -0.05) is 60.7 Å². The number of carbonyl (C=O) groups excluding carboxylic acids is 1. The Morgan fingerprint density at radius 1 is 0.868 bits per heavy atom. The van der Waals surface area contributed by atoms with Crippen LogP contribution in [-0.4, -0.2) is 49.8 Å². The van der Waals surface area contributed by atoms with Crippen LogP contribution in [0, 0.1) is 0 Å². The molecule has 8 heteroatoms. The van der Waals surface area contributed by atoms with E-state index in [1.807, 2.05) is 36.4 Å². The summed E-state index contributed by atoms with van der Waals surface area (Å²) >= 11 is 0. The van der Waals surface area contributed by atoms with Crippen LogP contribution in [0.2, 0.25) is 0 Å². The molecule has 5 nitrogen and oxygen atoms in total. The van der Waals surface area contributed by atoms with Gasteiger partial charge in [-0.3, -0.25) is 9.69 Å². The average molecular weight is 527 g/mol. The molecule has 0 radical (unpaired) electrons. The van der Waals surface area contributed by atoms with E-state index in [1.54, 1.807) is 24.3 Å². The number of hydrogen-bond acceptors (Lipinski definition) is 4. The fraction of sp³-hybridized carbons (Fsp3) is 0.367. The molecule has 0 saturated heterocycles. The molecule has 0 fully saturated rings. The largest absolute Gasteiger partial charge is 0.491 e. The van der Waals surface area contributed by atoms with E-state index in [0.29, 0.717) is 62.8 Å². The lowest BCUT2D eigenvalue weighted by molar-refractivity contribution is -0.137. The van der Waals surface area contributed by atoms with E-state index in [9.17, 15) is 18.0 Å². The summed E-state index contributed by atoms with van der Waals surface area (Å²) in [5.74, 6) is 0.235. The second-order valence-corrected chi connectivity index (χ2v) is 9.46. The first-order valence-electron chi connectivity index (χ1n) is 12.9. The minimum Gasteiger partial charge on any atom is -0.491 e. The van der Waals surface area contributed by atoms with Gasteiger partial charge in [0.15, 0.2) is 0 Å². The number of halogens is 3. The topological polar surface area (TPSA) is 50.8 Å². The van der Waals surface area contributed by atoms with Crippen molar-refractivity contribution in [1.82, 2.24) is 10.2 Å².